The maximum Gasteiger partial charge on any atom is 0.306 e. The summed E-state index contributed by atoms with van der Waals surface area (Å²) in [4.78, 5) is 11.1. The van der Waals surface area contributed by atoms with Crippen LogP contribution >= 0.6 is 15.9 Å². The number of hydrogen-bond donors (Lipinski definition) is 2. The molecule has 1 aromatic rings. The van der Waals surface area contributed by atoms with Crippen molar-refractivity contribution in [3.05, 3.63) is 28.7 Å². The zero-order valence-corrected chi connectivity index (χ0v) is 13.9. The van der Waals surface area contributed by atoms with E-state index in [2.05, 4.69) is 20.7 Å². The SMILES string of the molecule is O=C(O)C1CCC(CNS(=O)(=O)c2cccc(Br)c2)CC1. The molecule has 7 heteroatoms. The van der Waals surface area contributed by atoms with Gasteiger partial charge in [0.05, 0.1) is 10.8 Å². The van der Waals surface area contributed by atoms with E-state index in [4.69, 9.17) is 5.11 Å². The predicted molar refractivity (Wildman–Crippen MR) is 82.4 cm³/mol. The second-order valence-corrected chi connectivity index (χ2v) is 8.05. The number of benzene rings is 1. The second kappa shape index (κ2) is 6.89. The highest BCUT2D eigenvalue weighted by Crippen LogP contribution is 2.28. The monoisotopic (exact) mass is 375 g/mol. The van der Waals surface area contributed by atoms with Crippen LogP contribution in [0.15, 0.2) is 33.6 Å². The van der Waals surface area contributed by atoms with E-state index >= 15 is 0 Å². The van der Waals surface area contributed by atoms with Crippen LogP contribution in [-0.2, 0) is 14.8 Å². The zero-order chi connectivity index (χ0) is 15.5. The number of hydrogen-bond acceptors (Lipinski definition) is 3. The third kappa shape index (κ3) is 4.52. The van der Waals surface area contributed by atoms with Crippen molar-refractivity contribution in [1.29, 1.82) is 0 Å². The van der Waals surface area contributed by atoms with Gasteiger partial charge in [-0.05, 0) is 49.8 Å². The number of aliphatic carboxylic acids is 1. The molecular formula is C14H18BrNO4S. The highest BCUT2D eigenvalue weighted by Gasteiger charge is 2.26. The molecular weight excluding hydrogens is 358 g/mol. The van der Waals surface area contributed by atoms with Gasteiger partial charge in [0, 0.05) is 11.0 Å². The summed E-state index contributed by atoms with van der Waals surface area (Å²) in [7, 11) is -3.51. The number of halogens is 1. The lowest BCUT2D eigenvalue weighted by molar-refractivity contribution is -0.143. The zero-order valence-electron chi connectivity index (χ0n) is 11.5. The summed E-state index contributed by atoms with van der Waals surface area (Å²) in [6.45, 7) is 0.362. The molecule has 1 aliphatic rings. The molecule has 2 N–H and O–H groups in total. The molecule has 0 saturated heterocycles. The Kier molecular flexibility index (Phi) is 5.40. The normalized spacial score (nSPS) is 22.9. The Bertz CT molecular complexity index is 609. The molecule has 0 aliphatic heterocycles. The van der Waals surface area contributed by atoms with Crippen molar-refractivity contribution in [1.82, 2.24) is 4.72 Å². The maximum atomic E-state index is 12.2. The molecule has 1 aliphatic carbocycles. The van der Waals surface area contributed by atoms with Crippen LogP contribution in [0, 0.1) is 11.8 Å². The first-order chi connectivity index (χ1) is 9.88. The van der Waals surface area contributed by atoms with Gasteiger partial charge in [-0.3, -0.25) is 4.79 Å². The summed E-state index contributed by atoms with van der Waals surface area (Å²) in [6, 6.07) is 6.56. The number of sulfonamides is 1. The first kappa shape index (κ1) is 16.5. The van der Waals surface area contributed by atoms with Crippen LogP contribution in [0.2, 0.25) is 0 Å². The summed E-state index contributed by atoms with van der Waals surface area (Å²) >= 11 is 3.25. The van der Waals surface area contributed by atoms with Gasteiger partial charge in [-0.15, -0.1) is 0 Å². The fourth-order valence-electron chi connectivity index (χ4n) is 2.56. The molecule has 1 fully saturated rings. The minimum Gasteiger partial charge on any atom is -0.481 e. The Hall–Kier alpha value is -0.920. The van der Waals surface area contributed by atoms with Crippen molar-refractivity contribution >= 4 is 31.9 Å². The minimum atomic E-state index is -3.51. The molecule has 5 nitrogen and oxygen atoms in total. The largest absolute Gasteiger partial charge is 0.481 e. The first-order valence-corrected chi connectivity index (χ1v) is 9.14. The van der Waals surface area contributed by atoms with E-state index in [1.165, 1.54) is 0 Å². The lowest BCUT2D eigenvalue weighted by Crippen LogP contribution is -2.32. The van der Waals surface area contributed by atoms with Gasteiger partial charge >= 0.3 is 5.97 Å². The van der Waals surface area contributed by atoms with E-state index in [1.54, 1.807) is 24.3 Å². The molecule has 2 rings (SSSR count). The van der Waals surface area contributed by atoms with Gasteiger partial charge in [0.2, 0.25) is 10.0 Å². The smallest absolute Gasteiger partial charge is 0.306 e. The molecule has 0 unspecified atom stereocenters. The standard InChI is InChI=1S/C14H18BrNO4S/c15-12-2-1-3-13(8-12)21(19,20)16-9-10-4-6-11(7-5-10)14(17)18/h1-3,8,10-11,16H,4-7,9H2,(H,17,18). The summed E-state index contributed by atoms with van der Waals surface area (Å²) < 4.78 is 27.7. The third-order valence-corrected chi connectivity index (χ3v) is 5.78. The molecule has 1 aromatic carbocycles. The summed E-state index contributed by atoms with van der Waals surface area (Å²) in [5.41, 5.74) is 0. The maximum absolute atomic E-state index is 12.2. The van der Waals surface area contributed by atoms with Crippen LogP contribution in [0.1, 0.15) is 25.7 Å². The van der Waals surface area contributed by atoms with Crippen LogP contribution in [0.5, 0.6) is 0 Å². The van der Waals surface area contributed by atoms with E-state index in [1.807, 2.05) is 0 Å². The first-order valence-electron chi connectivity index (χ1n) is 6.86. The number of carbonyl (C=O) groups is 1. The molecule has 0 aromatic heterocycles. The molecule has 0 amide bonds. The lowest BCUT2D eigenvalue weighted by Gasteiger charge is -2.26. The van der Waals surface area contributed by atoms with E-state index in [0.717, 1.165) is 12.8 Å². The number of rotatable bonds is 5. The Morgan fingerprint density at radius 1 is 1.29 bits per heavy atom. The number of carboxylic acid groups (broad SMARTS) is 1. The third-order valence-electron chi connectivity index (χ3n) is 3.86. The average molecular weight is 376 g/mol. The second-order valence-electron chi connectivity index (χ2n) is 5.37. The van der Waals surface area contributed by atoms with Crippen LogP contribution in [0.3, 0.4) is 0 Å². The topological polar surface area (TPSA) is 83.5 Å². The Morgan fingerprint density at radius 3 is 2.52 bits per heavy atom. The molecule has 0 atom stereocenters. The van der Waals surface area contributed by atoms with E-state index < -0.39 is 16.0 Å². The van der Waals surface area contributed by atoms with Gasteiger partial charge in [0.15, 0.2) is 0 Å². The van der Waals surface area contributed by atoms with Crippen molar-refractivity contribution in [2.24, 2.45) is 11.8 Å². The van der Waals surface area contributed by atoms with Crippen LogP contribution < -0.4 is 4.72 Å². The molecule has 0 spiro atoms. The Morgan fingerprint density at radius 2 is 1.95 bits per heavy atom. The molecule has 1 saturated carbocycles. The van der Waals surface area contributed by atoms with E-state index in [-0.39, 0.29) is 16.7 Å². The molecule has 21 heavy (non-hydrogen) atoms. The van der Waals surface area contributed by atoms with Gasteiger partial charge in [-0.1, -0.05) is 22.0 Å². The van der Waals surface area contributed by atoms with Crippen molar-refractivity contribution in [2.45, 2.75) is 30.6 Å². The highest BCUT2D eigenvalue weighted by atomic mass is 79.9. The van der Waals surface area contributed by atoms with Crippen LogP contribution in [0.4, 0.5) is 0 Å². The molecule has 116 valence electrons. The Labute approximate surface area is 132 Å². The molecule has 0 bridgehead atoms. The van der Waals surface area contributed by atoms with E-state index in [0.29, 0.717) is 23.9 Å². The van der Waals surface area contributed by atoms with Crippen LogP contribution in [0.25, 0.3) is 0 Å². The number of nitrogens with one attached hydrogen (secondary N) is 1. The van der Waals surface area contributed by atoms with Gasteiger partial charge in [-0.25, -0.2) is 13.1 Å². The highest BCUT2D eigenvalue weighted by molar-refractivity contribution is 9.10. The summed E-state index contributed by atoms with van der Waals surface area (Å²) in [6.07, 6.45) is 2.74. The molecule has 0 radical (unpaired) electrons. The lowest BCUT2D eigenvalue weighted by atomic mass is 9.82. The average Bonchev–Trinajstić information content (AvgIpc) is 2.45. The minimum absolute atomic E-state index is 0.211. The predicted octanol–water partition coefficient (Wildman–Crippen LogP) is 2.62. The summed E-state index contributed by atoms with van der Waals surface area (Å²) in [5, 5.41) is 8.94. The Balaban J connectivity index is 1.90. The van der Waals surface area contributed by atoms with Crippen molar-refractivity contribution in [3.8, 4) is 0 Å². The van der Waals surface area contributed by atoms with Gasteiger partial charge < -0.3 is 5.11 Å². The fourth-order valence-corrected chi connectivity index (χ4v) is 4.27. The van der Waals surface area contributed by atoms with Gasteiger partial charge in [0.1, 0.15) is 0 Å². The fraction of sp³-hybridized carbons (Fsp3) is 0.500. The van der Waals surface area contributed by atoms with Gasteiger partial charge in [-0.2, -0.15) is 0 Å². The van der Waals surface area contributed by atoms with E-state index in [9.17, 15) is 13.2 Å². The quantitative estimate of drug-likeness (QED) is 0.828. The molecule has 0 heterocycles. The van der Waals surface area contributed by atoms with Gasteiger partial charge in [0.25, 0.3) is 0 Å². The summed E-state index contributed by atoms with van der Waals surface area (Å²) in [5.74, 6) is -0.811. The van der Waals surface area contributed by atoms with Crippen molar-refractivity contribution in [2.75, 3.05) is 6.54 Å². The number of carboxylic acids is 1. The van der Waals surface area contributed by atoms with Crippen molar-refractivity contribution in [3.63, 3.8) is 0 Å². The van der Waals surface area contributed by atoms with Crippen molar-refractivity contribution < 1.29 is 18.3 Å². The van der Waals surface area contributed by atoms with Crippen LogP contribution in [-0.4, -0.2) is 26.0 Å².